The van der Waals surface area contributed by atoms with Crippen LogP contribution in [-0.2, 0) is 16.4 Å². The summed E-state index contributed by atoms with van der Waals surface area (Å²) in [6.07, 6.45) is 0.763. The van der Waals surface area contributed by atoms with Gasteiger partial charge in [-0.3, -0.25) is 0 Å². The molecule has 1 aromatic heterocycles. The van der Waals surface area contributed by atoms with Crippen LogP contribution in [0.2, 0.25) is 0 Å². The van der Waals surface area contributed by atoms with Crippen LogP contribution < -0.4 is 10.0 Å². The molecule has 0 radical (unpaired) electrons. The van der Waals surface area contributed by atoms with Gasteiger partial charge in [-0.25, -0.2) is 18.1 Å². The Kier molecular flexibility index (Phi) is 5.11. The molecular weight excluding hydrogens is 294 g/mol. The number of rotatable bonds is 7. The number of anilines is 1. The second kappa shape index (κ2) is 6.83. The van der Waals surface area contributed by atoms with E-state index in [1.54, 1.807) is 42.0 Å². The Morgan fingerprint density at radius 1 is 1.30 bits per heavy atom. The maximum Gasteiger partial charge on any atom is 0.242 e. The lowest BCUT2D eigenvalue weighted by Gasteiger charge is -2.12. The Morgan fingerprint density at radius 2 is 2.10 bits per heavy atom. The first kappa shape index (κ1) is 15.0. The molecule has 0 aliphatic heterocycles. The molecule has 0 bridgehead atoms. The van der Waals surface area contributed by atoms with E-state index < -0.39 is 10.0 Å². The summed E-state index contributed by atoms with van der Waals surface area (Å²) >= 11 is 1.56. The summed E-state index contributed by atoms with van der Waals surface area (Å²) in [6.45, 7) is 2.77. The number of aromatic nitrogens is 1. The molecule has 2 rings (SSSR count). The molecule has 0 amide bonds. The fourth-order valence-corrected chi connectivity index (χ4v) is 3.62. The van der Waals surface area contributed by atoms with E-state index in [9.17, 15) is 8.42 Å². The van der Waals surface area contributed by atoms with Gasteiger partial charge in [-0.05, 0) is 12.1 Å². The van der Waals surface area contributed by atoms with Gasteiger partial charge >= 0.3 is 0 Å². The van der Waals surface area contributed by atoms with Gasteiger partial charge in [-0.15, -0.1) is 11.3 Å². The highest BCUT2D eigenvalue weighted by Gasteiger charge is 2.16. The fraction of sp³-hybridized carbons (Fsp3) is 0.308. The molecule has 1 aromatic carbocycles. The zero-order chi connectivity index (χ0) is 14.4. The van der Waals surface area contributed by atoms with E-state index in [4.69, 9.17) is 0 Å². The highest BCUT2D eigenvalue weighted by atomic mass is 32.2. The van der Waals surface area contributed by atoms with E-state index in [2.05, 4.69) is 15.0 Å². The van der Waals surface area contributed by atoms with Gasteiger partial charge in [0.15, 0.2) is 0 Å². The summed E-state index contributed by atoms with van der Waals surface area (Å²) in [6, 6.07) is 6.90. The minimum atomic E-state index is -3.45. The maximum absolute atomic E-state index is 12.1. The SMILES string of the molecule is CCNS(=O)(=O)c1ccccc1NCCc1cscn1. The predicted octanol–water partition coefficient (Wildman–Crippen LogP) is 2.10. The molecular formula is C13H17N3O2S2. The lowest BCUT2D eigenvalue weighted by molar-refractivity contribution is 0.584. The lowest BCUT2D eigenvalue weighted by Crippen LogP contribution is -2.24. The Hall–Kier alpha value is -1.44. The third-order valence-corrected chi connectivity index (χ3v) is 4.93. The predicted molar refractivity (Wildman–Crippen MR) is 81.6 cm³/mol. The molecule has 7 heteroatoms. The second-order valence-corrected chi connectivity index (χ2v) is 6.61. The van der Waals surface area contributed by atoms with Crippen LogP contribution in [0.4, 0.5) is 5.69 Å². The molecule has 20 heavy (non-hydrogen) atoms. The third-order valence-electron chi connectivity index (χ3n) is 2.69. The quantitative estimate of drug-likeness (QED) is 0.821. The number of hydrogen-bond acceptors (Lipinski definition) is 5. The van der Waals surface area contributed by atoms with Crippen molar-refractivity contribution in [2.24, 2.45) is 0 Å². The molecule has 2 N–H and O–H groups in total. The molecule has 0 unspecified atom stereocenters. The molecule has 0 fully saturated rings. The van der Waals surface area contributed by atoms with Crippen LogP contribution in [-0.4, -0.2) is 26.5 Å². The van der Waals surface area contributed by atoms with E-state index in [1.165, 1.54) is 0 Å². The zero-order valence-corrected chi connectivity index (χ0v) is 12.8. The van der Waals surface area contributed by atoms with Gasteiger partial charge in [-0.2, -0.15) is 0 Å². The first-order valence-corrected chi connectivity index (χ1v) is 8.75. The van der Waals surface area contributed by atoms with Crippen LogP contribution in [0, 0.1) is 0 Å². The highest BCUT2D eigenvalue weighted by Crippen LogP contribution is 2.20. The van der Waals surface area contributed by atoms with E-state index in [0.29, 0.717) is 18.8 Å². The van der Waals surface area contributed by atoms with Crippen molar-refractivity contribution in [3.05, 3.63) is 40.8 Å². The Balaban J connectivity index is 2.08. The zero-order valence-electron chi connectivity index (χ0n) is 11.2. The summed E-state index contributed by atoms with van der Waals surface area (Å²) in [5, 5.41) is 5.15. The third kappa shape index (κ3) is 3.78. The van der Waals surface area contributed by atoms with Gasteiger partial charge in [0.05, 0.1) is 16.9 Å². The van der Waals surface area contributed by atoms with E-state index in [1.807, 2.05) is 11.4 Å². The van der Waals surface area contributed by atoms with Gasteiger partial charge in [0.2, 0.25) is 10.0 Å². The maximum atomic E-state index is 12.1. The van der Waals surface area contributed by atoms with Crippen LogP contribution in [0.3, 0.4) is 0 Å². The van der Waals surface area contributed by atoms with E-state index in [0.717, 1.165) is 12.1 Å². The monoisotopic (exact) mass is 311 g/mol. The second-order valence-electron chi connectivity index (χ2n) is 4.15. The van der Waals surface area contributed by atoms with Gasteiger partial charge in [0, 0.05) is 24.9 Å². The van der Waals surface area contributed by atoms with Crippen molar-refractivity contribution < 1.29 is 8.42 Å². The van der Waals surface area contributed by atoms with Crippen LogP contribution in [0.25, 0.3) is 0 Å². The number of sulfonamides is 1. The first-order valence-electron chi connectivity index (χ1n) is 6.33. The van der Waals surface area contributed by atoms with E-state index in [-0.39, 0.29) is 4.90 Å². The van der Waals surface area contributed by atoms with Crippen molar-refractivity contribution in [3.63, 3.8) is 0 Å². The number of thiazole rings is 1. The van der Waals surface area contributed by atoms with Crippen molar-refractivity contribution in [1.82, 2.24) is 9.71 Å². The molecule has 0 saturated carbocycles. The molecule has 0 saturated heterocycles. The summed E-state index contributed by atoms with van der Waals surface area (Å²) in [4.78, 5) is 4.47. The van der Waals surface area contributed by atoms with Gasteiger partial charge < -0.3 is 5.32 Å². The van der Waals surface area contributed by atoms with Crippen LogP contribution >= 0.6 is 11.3 Å². The van der Waals surface area contributed by atoms with Gasteiger partial charge in [0.1, 0.15) is 4.90 Å². The minimum absolute atomic E-state index is 0.278. The standard InChI is InChI=1S/C13H17N3O2S2/c1-2-16-20(17,18)13-6-4-3-5-12(13)14-8-7-11-9-19-10-15-11/h3-6,9-10,14,16H,2,7-8H2,1H3. The molecule has 0 aliphatic rings. The fourth-order valence-electron chi connectivity index (χ4n) is 1.80. The number of nitrogens with one attached hydrogen (secondary N) is 2. The van der Waals surface area contributed by atoms with Crippen LogP contribution in [0.5, 0.6) is 0 Å². The largest absolute Gasteiger partial charge is 0.384 e. The molecule has 0 spiro atoms. The molecule has 1 heterocycles. The van der Waals surface area contributed by atoms with Crippen molar-refractivity contribution in [2.75, 3.05) is 18.4 Å². The molecule has 0 aliphatic carbocycles. The van der Waals surface area contributed by atoms with Crippen molar-refractivity contribution in [3.8, 4) is 0 Å². The first-order chi connectivity index (χ1) is 9.63. The molecule has 108 valence electrons. The highest BCUT2D eigenvalue weighted by molar-refractivity contribution is 7.89. The number of benzene rings is 1. The van der Waals surface area contributed by atoms with Crippen molar-refractivity contribution in [2.45, 2.75) is 18.2 Å². The van der Waals surface area contributed by atoms with Crippen LogP contribution in [0.15, 0.2) is 40.1 Å². The molecule has 2 aromatic rings. The smallest absolute Gasteiger partial charge is 0.242 e. The Bertz CT molecular complexity index is 639. The topological polar surface area (TPSA) is 71.1 Å². The van der Waals surface area contributed by atoms with Gasteiger partial charge in [-0.1, -0.05) is 19.1 Å². The Labute approximate surface area is 123 Å². The normalized spacial score (nSPS) is 11.4. The lowest BCUT2D eigenvalue weighted by atomic mass is 10.3. The van der Waals surface area contributed by atoms with Crippen molar-refractivity contribution >= 4 is 27.0 Å². The summed E-state index contributed by atoms with van der Waals surface area (Å²) in [5.74, 6) is 0. The summed E-state index contributed by atoms with van der Waals surface area (Å²) < 4.78 is 26.7. The minimum Gasteiger partial charge on any atom is -0.384 e. The summed E-state index contributed by atoms with van der Waals surface area (Å²) in [5.41, 5.74) is 3.41. The average molecular weight is 311 g/mol. The van der Waals surface area contributed by atoms with Crippen molar-refractivity contribution in [1.29, 1.82) is 0 Å². The van der Waals surface area contributed by atoms with E-state index >= 15 is 0 Å². The van der Waals surface area contributed by atoms with Crippen LogP contribution in [0.1, 0.15) is 12.6 Å². The number of nitrogens with zero attached hydrogens (tertiary/aromatic N) is 1. The van der Waals surface area contributed by atoms with Gasteiger partial charge in [0.25, 0.3) is 0 Å². The Morgan fingerprint density at radius 3 is 2.80 bits per heavy atom. The number of hydrogen-bond donors (Lipinski definition) is 2. The summed E-state index contributed by atoms with van der Waals surface area (Å²) in [7, 11) is -3.45. The average Bonchev–Trinajstić information content (AvgIpc) is 2.92. The molecule has 0 atom stereocenters. The number of para-hydroxylation sites is 1. The molecule has 5 nitrogen and oxygen atoms in total.